The third-order valence-corrected chi connectivity index (χ3v) is 7.70. The van der Waals surface area contributed by atoms with Gasteiger partial charge in [-0.1, -0.05) is 18.2 Å². The van der Waals surface area contributed by atoms with Crippen molar-refractivity contribution in [1.29, 1.82) is 0 Å². The van der Waals surface area contributed by atoms with Gasteiger partial charge in [-0.2, -0.15) is 0 Å². The van der Waals surface area contributed by atoms with Crippen molar-refractivity contribution in [1.82, 2.24) is 15.1 Å². The third-order valence-electron chi connectivity index (χ3n) is 6.71. The minimum absolute atomic E-state index is 0.255. The van der Waals surface area contributed by atoms with E-state index in [1.807, 2.05) is 12.1 Å². The topological polar surface area (TPSA) is 60.7 Å². The lowest BCUT2D eigenvalue weighted by Gasteiger charge is -2.44. The van der Waals surface area contributed by atoms with Crippen molar-refractivity contribution in [3.8, 4) is 0 Å². The summed E-state index contributed by atoms with van der Waals surface area (Å²) in [6.07, 6.45) is 9.14. The largest absolute Gasteiger partial charge is 0.612 e. The van der Waals surface area contributed by atoms with Crippen LogP contribution in [0.5, 0.6) is 0 Å². The van der Waals surface area contributed by atoms with Gasteiger partial charge in [-0.05, 0) is 61.7 Å². The Morgan fingerprint density at radius 3 is 2.64 bits per heavy atom. The van der Waals surface area contributed by atoms with E-state index in [-0.39, 0.29) is 6.17 Å². The van der Waals surface area contributed by atoms with E-state index < -0.39 is 11.2 Å². The van der Waals surface area contributed by atoms with Gasteiger partial charge >= 0.3 is 0 Å². The number of likely N-dealkylation sites (tertiary alicyclic amines) is 2. The number of rotatable bonds is 4. The molecular formula is C22H32N3O2S. The summed E-state index contributed by atoms with van der Waals surface area (Å²) in [6.45, 7) is 3.87. The number of piperidine rings is 3. The average molecular weight is 403 g/mol. The molecule has 1 aromatic carbocycles. The Morgan fingerprint density at radius 1 is 1.11 bits per heavy atom. The van der Waals surface area contributed by atoms with Gasteiger partial charge in [0.2, 0.25) is 5.91 Å². The maximum Gasteiger partial charge on any atom is 0.222 e. The molecule has 5 nitrogen and oxygen atoms in total. The van der Waals surface area contributed by atoms with Crippen molar-refractivity contribution >= 4 is 17.1 Å². The van der Waals surface area contributed by atoms with Crippen molar-refractivity contribution in [2.45, 2.75) is 68.0 Å². The Labute approximate surface area is 172 Å². The molecule has 1 aromatic rings. The first-order chi connectivity index (χ1) is 13.6. The van der Waals surface area contributed by atoms with Crippen LogP contribution in [0.25, 0.3) is 0 Å². The quantitative estimate of drug-likeness (QED) is 0.728. The summed E-state index contributed by atoms with van der Waals surface area (Å²) in [7, 11) is 0. The Hall–Kier alpha value is -1.08. The molecule has 0 aliphatic carbocycles. The monoisotopic (exact) mass is 402 g/mol. The van der Waals surface area contributed by atoms with Crippen LogP contribution in [0.4, 0.5) is 0 Å². The lowest BCUT2D eigenvalue weighted by molar-refractivity contribution is -0.137. The van der Waals surface area contributed by atoms with Gasteiger partial charge in [0.15, 0.2) is 4.90 Å². The van der Waals surface area contributed by atoms with E-state index in [9.17, 15) is 9.35 Å². The maximum absolute atomic E-state index is 12.3. The highest BCUT2D eigenvalue weighted by molar-refractivity contribution is 7.90. The van der Waals surface area contributed by atoms with Crippen LogP contribution in [0, 0.1) is 0 Å². The first kappa shape index (κ1) is 20.2. The van der Waals surface area contributed by atoms with Crippen LogP contribution in [0.2, 0.25) is 0 Å². The lowest BCUT2D eigenvalue weighted by Crippen LogP contribution is -2.55. The zero-order valence-electron chi connectivity index (χ0n) is 16.9. The normalized spacial score (nSPS) is 29.1. The summed E-state index contributed by atoms with van der Waals surface area (Å²) in [5.41, 5.74) is 1.26. The molecule has 0 saturated carbocycles. The van der Waals surface area contributed by atoms with Crippen LogP contribution in [0.15, 0.2) is 29.2 Å². The standard InChI is InChI=1S/C22H32N3O2S/c1-28(27)20-7-3-2-6-19(20)17-10-14-24(15-11-17)21-16-18(9-12-23-21)25-13-5-4-8-22(25)26/h2-3,6-7,17-18,21H,4-5,8-16H2,1H3. The van der Waals surface area contributed by atoms with E-state index in [2.05, 4.69) is 21.9 Å². The molecule has 3 aliphatic rings. The Bertz CT molecular complexity index is 676. The Kier molecular flexibility index (Phi) is 6.61. The Balaban J connectivity index is 1.35. The van der Waals surface area contributed by atoms with Crippen molar-refractivity contribution < 1.29 is 9.35 Å². The molecular weight excluding hydrogens is 370 g/mol. The number of carbonyl (C=O) groups is 1. The molecule has 6 heteroatoms. The summed E-state index contributed by atoms with van der Waals surface area (Å²) >= 11 is -0.936. The van der Waals surface area contributed by atoms with Gasteiger partial charge in [-0.3, -0.25) is 9.69 Å². The molecule has 28 heavy (non-hydrogen) atoms. The van der Waals surface area contributed by atoms with Gasteiger partial charge in [0.05, 0.1) is 6.17 Å². The summed E-state index contributed by atoms with van der Waals surface area (Å²) in [6, 6.07) is 8.58. The molecule has 1 amide bonds. The highest BCUT2D eigenvalue weighted by Crippen LogP contribution is 2.34. The zero-order chi connectivity index (χ0) is 19.5. The predicted molar refractivity (Wildman–Crippen MR) is 112 cm³/mol. The second kappa shape index (κ2) is 9.16. The van der Waals surface area contributed by atoms with E-state index in [1.165, 1.54) is 5.56 Å². The molecule has 3 fully saturated rings. The summed E-state index contributed by atoms with van der Waals surface area (Å²) in [4.78, 5) is 18.0. The van der Waals surface area contributed by atoms with Gasteiger partial charge in [0.1, 0.15) is 6.26 Å². The van der Waals surface area contributed by atoms with Gasteiger partial charge in [-0.25, -0.2) is 5.32 Å². The summed E-state index contributed by atoms with van der Waals surface area (Å²) in [5.74, 6) is 0.833. The van der Waals surface area contributed by atoms with Gasteiger partial charge in [0.25, 0.3) is 0 Å². The van der Waals surface area contributed by atoms with Crippen molar-refractivity contribution in [3.63, 3.8) is 0 Å². The maximum atomic E-state index is 12.3. The Morgan fingerprint density at radius 2 is 1.89 bits per heavy atom. The van der Waals surface area contributed by atoms with E-state index in [0.29, 0.717) is 17.9 Å². The molecule has 153 valence electrons. The fraction of sp³-hybridized carbons (Fsp3) is 0.682. The molecule has 3 heterocycles. The second-order valence-electron chi connectivity index (χ2n) is 8.41. The van der Waals surface area contributed by atoms with Gasteiger partial charge in [0, 0.05) is 44.2 Å². The van der Waals surface area contributed by atoms with Crippen LogP contribution in [-0.2, 0) is 16.0 Å². The van der Waals surface area contributed by atoms with Gasteiger partial charge in [-0.15, -0.1) is 0 Å². The molecule has 3 aliphatic heterocycles. The first-order valence-corrected chi connectivity index (χ1v) is 12.3. The van der Waals surface area contributed by atoms with E-state index >= 15 is 0 Å². The van der Waals surface area contributed by atoms with Crippen molar-refractivity contribution in [2.24, 2.45) is 0 Å². The van der Waals surface area contributed by atoms with Crippen LogP contribution < -0.4 is 5.32 Å². The predicted octanol–water partition coefficient (Wildman–Crippen LogP) is 2.71. The number of hydrogen-bond donors (Lipinski definition) is 0. The number of hydrogen-bond acceptors (Lipinski definition) is 3. The van der Waals surface area contributed by atoms with Crippen LogP contribution in [0.3, 0.4) is 0 Å². The van der Waals surface area contributed by atoms with E-state index in [1.54, 1.807) is 6.26 Å². The lowest BCUT2D eigenvalue weighted by atomic mass is 9.88. The minimum atomic E-state index is -0.936. The molecule has 3 unspecified atom stereocenters. The van der Waals surface area contributed by atoms with Gasteiger partial charge < -0.3 is 9.45 Å². The smallest absolute Gasteiger partial charge is 0.222 e. The number of benzene rings is 1. The minimum Gasteiger partial charge on any atom is -0.612 e. The molecule has 0 N–H and O–H groups in total. The molecule has 1 radical (unpaired) electrons. The zero-order valence-corrected chi connectivity index (χ0v) is 17.7. The molecule has 0 bridgehead atoms. The van der Waals surface area contributed by atoms with Crippen molar-refractivity contribution in [2.75, 3.05) is 32.4 Å². The van der Waals surface area contributed by atoms with E-state index in [4.69, 9.17) is 5.32 Å². The summed E-state index contributed by atoms with van der Waals surface area (Å²) < 4.78 is 12.1. The van der Waals surface area contributed by atoms with E-state index in [0.717, 1.165) is 76.0 Å². The highest BCUT2D eigenvalue weighted by Gasteiger charge is 2.35. The number of carbonyl (C=O) groups excluding carboxylic acids is 1. The van der Waals surface area contributed by atoms with Crippen LogP contribution >= 0.6 is 0 Å². The molecule has 3 atom stereocenters. The number of amides is 1. The highest BCUT2D eigenvalue weighted by atomic mass is 32.2. The number of nitrogens with zero attached hydrogens (tertiary/aromatic N) is 3. The molecule has 0 aromatic heterocycles. The molecule has 3 saturated heterocycles. The van der Waals surface area contributed by atoms with Crippen LogP contribution in [0.1, 0.15) is 56.4 Å². The third kappa shape index (κ3) is 4.40. The average Bonchev–Trinajstić information content (AvgIpc) is 2.74. The molecule has 0 spiro atoms. The SMILES string of the molecule is C[S+]([O-])c1ccccc1C1CCN(C2CC(N3CCCCC3=O)CC[N]2)CC1. The first-order valence-electron chi connectivity index (χ1n) is 10.8. The van der Waals surface area contributed by atoms with Crippen molar-refractivity contribution in [3.05, 3.63) is 29.8 Å². The fourth-order valence-electron chi connectivity index (χ4n) is 5.16. The summed E-state index contributed by atoms with van der Waals surface area (Å²) in [5, 5.41) is 4.91. The van der Waals surface area contributed by atoms with Crippen LogP contribution in [-0.4, -0.2) is 64.9 Å². The molecule has 4 rings (SSSR count). The fourth-order valence-corrected chi connectivity index (χ4v) is 5.99. The second-order valence-corrected chi connectivity index (χ2v) is 9.76.